The van der Waals surface area contributed by atoms with Crippen molar-refractivity contribution in [3.8, 4) is 17.4 Å². The third kappa shape index (κ3) is 4.01. The first-order valence-corrected chi connectivity index (χ1v) is 8.67. The van der Waals surface area contributed by atoms with Gasteiger partial charge in [-0.25, -0.2) is 14.2 Å². The van der Waals surface area contributed by atoms with Gasteiger partial charge in [0, 0.05) is 11.8 Å². The fraction of sp³-hybridized carbons (Fsp3) is 0.176. The molecule has 9 heteroatoms. The van der Waals surface area contributed by atoms with Gasteiger partial charge >= 0.3 is 0 Å². The largest absolute Gasteiger partial charge is 0.493 e. The molecule has 0 radical (unpaired) electrons. The number of ether oxygens (including phenoxy) is 3. The van der Waals surface area contributed by atoms with Gasteiger partial charge in [0.1, 0.15) is 12.9 Å². The molecule has 3 aromatic rings. The fourth-order valence-electron chi connectivity index (χ4n) is 2.40. The molecule has 26 heavy (non-hydrogen) atoms. The molecule has 0 bridgehead atoms. The Morgan fingerprint density at radius 2 is 1.77 bits per heavy atom. The first kappa shape index (κ1) is 17.9. The lowest BCUT2D eigenvalue weighted by Crippen LogP contribution is -2.02. The van der Waals surface area contributed by atoms with Gasteiger partial charge in [-0.05, 0) is 23.8 Å². The van der Waals surface area contributed by atoms with Gasteiger partial charge in [-0.3, -0.25) is 9.27 Å². The first-order valence-electron chi connectivity index (χ1n) is 7.56. The van der Waals surface area contributed by atoms with Crippen molar-refractivity contribution < 1.29 is 23.0 Å². The second-order valence-corrected chi connectivity index (χ2v) is 5.94. The van der Waals surface area contributed by atoms with Crippen molar-refractivity contribution >= 4 is 27.9 Å². The summed E-state index contributed by atoms with van der Waals surface area (Å²) in [5.41, 5.74) is 2.10. The van der Waals surface area contributed by atoms with E-state index >= 15 is 0 Å². The maximum Gasteiger partial charge on any atom is 0.259 e. The van der Waals surface area contributed by atoms with E-state index in [0.29, 0.717) is 34.0 Å². The van der Waals surface area contributed by atoms with Crippen molar-refractivity contribution in [2.45, 2.75) is 6.61 Å². The molecule has 0 saturated carbocycles. The fourth-order valence-corrected chi connectivity index (χ4v) is 2.73. The molecule has 0 aliphatic rings. The van der Waals surface area contributed by atoms with Crippen LogP contribution < -0.4 is 18.9 Å². The van der Waals surface area contributed by atoms with E-state index in [4.69, 9.17) is 18.8 Å². The summed E-state index contributed by atoms with van der Waals surface area (Å²) in [6, 6.07) is 10.5. The summed E-state index contributed by atoms with van der Waals surface area (Å²) in [6.07, 6.45) is 1.42. The van der Waals surface area contributed by atoms with Crippen LogP contribution in [-0.4, -0.2) is 32.9 Å². The van der Waals surface area contributed by atoms with Crippen LogP contribution in [0.1, 0.15) is 5.56 Å². The molecular formula is C17H17N3O5S. The number of aromatic nitrogens is 2. The predicted octanol–water partition coefficient (Wildman–Crippen LogP) is 2.77. The molecule has 0 spiro atoms. The topological polar surface area (TPSA) is 103 Å². The maximum atomic E-state index is 10.7. The summed E-state index contributed by atoms with van der Waals surface area (Å²) in [4.78, 5) is 8.43. The van der Waals surface area contributed by atoms with E-state index in [9.17, 15) is 4.21 Å². The van der Waals surface area contributed by atoms with Crippen molar-refractivity contribution in [3.63, 3.8) is 0 Å². The second kappa shape index (κ2) is 7.98. The number of nitrogens with zero attached hydrogens (tertiary/aromatic N) is 2. The minimum atomic E-state index is -2.10. The van der Waals surface area contributed by atoms with Gasteiger partial charge in [-0.2, -0.15) is 0 Å². The summed E-state index contributed by atoms with van der Waals surface area (Å²) < 4.78 is 38.4. The molecule has 1 unspecified atom stereocenters. The third-order valence-corrected chi connectivity index (χ3v) is 4.05. The molecule has 0 saturated heterocycles. The third-order valence-electron chi connectivity index (χ3n) is 3.64. The minimum Gasteiger partial charge on any atom is -0.493 e. The highest BCUT2D eigenvalue weighted by atomic mass is 32.2. The summed E-state index contributed by atoms with van der Waals surface area (Å²) in [5, 5.41) is 0.708. The van der Waals surface area contributed by atoms with E-state index in [0.717, 1.165) is 5.56 Å². The average molecular weight is 375 g/mol. The number of benzene rings is 2. The van der Waals surface area contributed by atoms with Crippen LogP contribution in [0.4, 0.5) is 5.69 Å². The molecule has 1 aromatic heterocycles. The first-order chi connectivity index (χ1) is 12.6. The van der Waals surface area contributed by atoms with Crippen LogP contribution in [0, 0.1) is 0 Å². The van der Waals surface area contributed by atoms with E-state index in [1.165, 1.54) is 6.33 Å². The summed E-state index contributed by atoms with van der Waals surface area (Å²) in [7, 11) is 3.12. The molecule has 3 rings (SSSR count). The molecule has 136 valence electrons. The van der Waals surface area contributed by atoms with Crippen LogP contribution in [0.5, 0.6) is 17.4 Å². The minimum absolute atomic E-state index is 0.281. The van der Waals surface area contributed by atoms with Crippen LogP contribution in [0.15, 0.2) is 42.7 Å². The Labute approximate surface area is 152 Å². The number of methoxy groups -OCH3 is 2. The molecule has 0 amide bonds. The molecule has 1 atom stereocenters. The van der Waals surface area contributed by atoms with Gasteiger partial charge in [0.2, 0.25) is 5.88 Å². The lowest BCUT2D eigenvalue weighted by molar-refractivity contribution is 0.297. The maximum absolute atomic E-state index is 10.7. The lowest BCUT2D eigenvalue weighted by atomic mass is 10.2. The second-order valence-electron chi connectivity index (χ2n) is 5.24. The van der Waals surface area contributed by atoms with Crippen molar-refractivity contribution in [3.05, 3.63) is 48.3 Å². The van der Waals surface area contributed by atoms with Crippen LogP contribution in [0.25, 0.3) is 10.9 Å². The van der Waals surface area contributed by atoms with E-state index in [1.54, 1.807) is 50.6 Å². The molecule has 2 aromatic carbocycles. The summed E-state index contributed by atoms with van der Waals surface area (Å²) in [5.74, 6) is 1.57. The molecule has 1 heterocycles. The van der Waals surface area contributed by atoms with E-state index in [2.05, 4.69) is 14.7 Å². The van der Waals surface area contributed by atoms with Gasteiger partial charge in [0.15, 0.2) is 11.5 Å². The Balaban J connectivity index is 1.81. The molecule has 0 aliphatic heterocycles. The van der Waals surface area contributed by atoms with Crippen LogP contribution in [0.3, 0.4) is 0 Å². The van der Waals surface area contributed by atoms with Crippen molar-refractivity contribution in [1.82, 2.24) is 9.97 Å². The SMILES string of the molecule is COc1cc2ncnc(OCc3ccc(NS(=O)O)cc3)c2cc1OC. The van der Waals surface area contributed by atoms with Gasteiger partial charge < -0.3 is 14.2 Å². The Bertz CT molecular complexity index is 934. The van der Waals surface area contributed by atoms with E-state index in [1.807, 2.05) is 0 Å². The van der Waals surface area contributed by atoms with Crippen molar-refractivity contribution in [2.24, 2.45) is 0 Å². The number of anilines is 1. The van der Waals surface area contributed by atoms with Crippen molar-refractivity contribution in [2.75, 3.05) is 18.9 Å². The van der Waals surface area contributed by atoms with Gasteiger partial charge in [0.05, 0.1) is 25.1 Å². The molecule has 2 N–H and O–H groups in total. The molecule has 0 fully saturated rings. The number of hydrogen-bond acceptors (Lipinski definition) is 6. The molecular weight excluding hydrogens is 358 g/mol. The number of nitrogens with one attached hydrogen (secondary N) is 1. The normalized spacial score (nSPS) is 11.8. The van der Waals surface area contributed by atoms with Crippen LogP contribution in [-0.2, 0) is 17.9 Å². The highest BCUT2D eigenvalue weighted by Gasteiger charge is 2.12. The Morgan fingerprint density at radius 3 is 2.42 bits per heavy atom. The van der Waals surface area contributed by atoms with E-state index < -0.39 is 11.3 Å². The van der Waals surface area contributed by atoms with Gasteiger partial charge in [-0.1, -0.05) is 12.1 Å². The summed E-state index contributed by atoms with van der Waals surface area (Å²) >= 11 is -2.10. The van der Waals surface area contributed by atoms with E-state index in [-0.39, 0.29) is 6.61 Å². The number of rotatable bonds is 7. The highest BCUT2D eigenvalue weighted by Crippen LogP contribution is 2.34. The van der Waals surface area contributed by atoms with Crippen molar-refractivity contribution in [1.29, 1.82) is 0 Å². The monoisotopic (exact) mass is 375 g/mol. The molecule has 8 nitrogen and oxygen atoms in total. The predicted molar refractivity (Wildman–Crippen MR) is 97.8 cm³/mol. The Hall–Kier alpha value is -2.91. The Kier molecular flexibility index (Phi) is 5.49. The summed E-state index contributed by atoms with van der Waals surface area (Å²) in [6.45, 7) is 0.281. The van der Waals surface area contributed by atoms with Crippen LogP contribution in [0.2, 0.25) is 0 Å². The average Bonchev–Trinajstić information content (AvgIpc) is 2.65. The van der Waals surface area contributed by atoms with Gasteiger partial charge in [-0.15, -0.1) is 0 Å². The zero-order chi connectivity index (χ0) is 18.5. The number of hydrogen-bond donors (Lipinski definition) is 2. The highest BCUT2D eigenvalue weighted by molar-refractivity contribution is 7.80. The zero-order valence-corrected chi connectivity index (χ0v) is 14.9. The quantitative estimate of drug-likeness (QED) is 0.612. The lowest BCUT2D eigenvalue weighted by Gasteiger charge is -2.12. The Morgan fingerprint density at radius 1 is 1.08 bits per heavy atom. The zero-order valence-electron chi connectivity index (χ0n) is 14.1. The van der Waals surface area contributed by atoms with Gasteiger partial charge in [0.25, 0.3) is 11.3 Å². The smallest absolute Gasteiger partial charge is 0.259 e. The van der Waals surface area contributed by atoms with Crippen LogP contribution >= 0.6 is 0 Å². The standard InChI is InChI=1S/C17H17N3O5S/c1-23-15-7-13-14(8-16(15)24-2)18-10-19-17(13)25-9-11-3-5-12(6-4-11)20-26(21)22/h3-8,10,20H,9H2,1-2H3,(H,21,22). The number of fused-ring (bicyclic) bond motifs is 1. The molecule has 0 aliphatic carbocycles.